The van der Waals surface area contributed by atoms with Crippen molar-refractivity contribution in [2.75, 3.05) is 0 Å². The summed E-state index contributed by atoms with van der Waals surface area (Å²) >= 11 is 0. The molecule has 5 nitrogen and oxygen atoms in total. The smallest absolute Gasteiger partial charge is 0.382 e. The summed E-state index contributed by atoms with van der Waals surface area (Å²) in [4.78, 5) is 24.3. The van der Waals surface area contributed by atoms with Crippen molar-refractivity contribution in [1.29, 1.82) is 0 Å². The van der Waals surface area contributed by atoms with E-state index >= 15 is 0 Å². The Hall–Kier alpha value is -1.57. The highest BCUT2D eigenvalue weighted by molar-refractivity contribution is 5.13. The summed E-state index contributed by atoms with van der Waals surface area (Å²) in [6.07, 6.45) is -7.46. The molecule has 0 spiro atoms. The van der Waals surface area contributed by atoms with Gasteiger partial charge in [0.25, 0.3) is 5.56 Å². The first-order valence-electron chi connectivity index (χ1n) is 4.69. The molecule has 8 heteroatoms. The number of rotatable bonds is 2. The minimum absolute atomic E-state index is 0.0991. The fraction of sp³-hybridized carbons (Fsp3) is 0.556. The maximum absolute atomic E-state index is 12.1. The quantitative estimate of drug-likeness (QED) is 0.782. The van der Waals surface area contributed by atoms with Crippen molar-refractivity contribution in [2.24, 2.45) is 0 Å². The molecule has 1 aromatic rings. The lowest BCUT2D eigenvalue weighted by molar-refractivity contribution is -0.207. The van der Waals surface area contributed by atoms with Crippen LogP contribution in [0.15, 0.2) is 9.59 Å². The Balaban J connectivity index is 3.21. The molecule has 0 aromatic carbocycles. The lowest BCUT2D eigenvalue weighted by Gasteiger charge is -2.17. The van der Waals surface area contributed by atoms with Gasteiger partial charge in [0.2, 0.25) is 0 Å². The van der Waals surface area contributed by atoms with E-state index in [0.717, 1.165) is 0 Å². The molecule has 0 saturated heterocycles. The molecule has 0 bridgehead atoms. The summed E-state index contributed by atoms with van der Waals surface area (Å²) in [7, 11) is 0. The van der Waals surface area contributed by atoms with E-state index in [1.165, 1.54) is 13.8 Å². The van der Waals surface area contributed by atoms with Crippen molar-refractivity contribution in [3.05, 3.63) is 32.1 Å². The van der Waals surface area contributed by atoms with Crippen LogP contribution in [-0.4, -0.2) is 26.9 Å². The van der Waals surface area contributed by atoms with E-state index in [4.69, 9.17) is 5.11 Å². The summed E-state index contributed by atoms with van der Waals surface area (Å²) in [6, 6.07) is 0. The van der Waals surface area contributed by atoms with Gasteiger partial charge in [-0.25, -0.2) is 4.79 Å². The topological polar surface area (TPSA) is 75.1 Å². The zero-order chi connectivity index (χ0) is 13.4. The molecule has 1 atom stereocenters. The van der Waals surface area contributed by atoms with Crippen molar-refractivity contribution in [2.45, 2.75) is 32.7 Å². The normalized spacial score (nSPS) is 13.8. The van der Waals surface area contributed by atoms with Crippen LogP contribution in [0.25, 0.3) is 0 Å². The van der Waals surface area contributed by atoms with Crippen LogP contribution in [0.4, 0.5) is 13.2 Å². The highest BCUT2D eigenvalue weighted by Gasteiger charge is 2.38. The number of alkyl halides is 3. The van der Waals surface area contributed by atoms with Crippen molar-refractivity contribution in [3.8, 4) is 0 Å². The van der Waals surface area contributed by atoms with Crippen molar-refractivity contribution in [3.63, 3.8) is 0 Å². The molecule has 17 heavy (non-hydrogen) atoms. The lowest BCUT2D eigenvalue weighted by Crippen LogP contribution is -2.40. The van der Waals surface area contributed by atoms with Crippen LogP contribution in [0.5, 0.6) is 0 Å². The van der Waals surface area contributed by atoms with Gasteiger partial charge in [-0.2, -0.15) is 13.2 Å². The SMILES string of the molecule is Cc1c(C)n(CC(O)C(F)(F)F)c(=O)[nH]c1=O. The van der Waals surface area contributed by atoms with Gasteiger partial charge < -0.3 is 5.11 Å². The first-order valence-corrected chi connectivity index (χ1v) is 4.69. The Bertz CT molecular complexity index is 530. The third-order valence-corrected chi connectivity index (χ3v) is 2.49. The number of aliphatic hydroxyl groups is 1. The van der Waals surface area contributed by atoms with Crippen LogP contribution in [0, 0.1) is 13.8 Å². The molecule has 0 fully saturated rings. The van der Waals surface area contributed by atoms with Gasteiger partial charge in [-0.1, -0.05) is 0 Å². The van der Waals surface area contributed by atoms with E-state index in [1.54, 1.807) is 0 Å². The second kappa shape index (κ2) is 4.36. The largest absolute Gasteiger partial charge is 0.416 e. The van der Waals surface area contributed by atoms with Crippen LogP contribution < -0.4 is 11.2 Å². The fourth-order valence-electron chi connectivity index (χ4n) is 1.27. The second-order valence-corrected chi connectivity index (χ2v) is 3.64. The van der Waals surface area contributed by atoms with Crippen molar-refractivity contribution >= 4 is 0 Å². The molecular weight excluding hydrogens is 241 g/mol. The maximum Gasteiger partial charge on any atom is 0.416 e. The van der Waals surface area contributed by atoms with Crippen LogP contribution in [-0.2, 0) is 6.54 Å². The summed E-state index contributed by atoms with van der Waals surface area (Å²) in [5.74, 6) is 0. The van der Waals surface area contributed by atoms with Gasteiger partial charge in [0, 0.05) is 11.3 Å². The number of nitrogens with zero attached hydrogens (tertiary/aromatic N) is 1. The summed E-state index contributed by atoms with van der Waals surface area (Å²) < 4.78 is 37.1. The summed E-state index contributed by atoms with van der Waals surface area (Å²) in [6.45, 7) is 1.78. The Morgan fingerprint density at radius 2 is 1.88 bits per heavy atom. The van der Waals surface area contributed by atoms with Gasteiger partial charge in [0.05, 0.1) is 6.54 Å². The molecule has 0 aliphatic carbocycles. The van der Waals surface area contributed by atoms with Crippen LogP contribution in [0.3, 0.4) is 0 Å². The Morgan fingerprint density at radius 1 is 1.35 bits per heavy atom. The summed E-state index contributed by atoms with van der Waals surface area (Å²) in [5, 5.41) is 8.87. The number of nitrogens with one attached hydrogen (secondary N) is 1. The standard InChI is InChI=1S/C9H11F3N2O3/c1-4-5(2)14(8(17)13-7(4)16)3-6(15)9(10,11)12/h6,15H,3H2,1-2H3,(H,13,16,17). The van der Waals surface area contributed by atoms with Gasteiger partial charge in [0.1, 0.15) is 0 Å². The minimum atomic E-state index is -4.81. The van der Waals surface area contributed by atoms with E-state index in [9.17, 15) is 22.8 Å². The molecule has 0 aliphatic heterocycles. The second-order valence-electron chi connectivity index (χ2n) is 3.64. The van der Waals surface area contributed by atoms with E-state index in [1.807, 2.05) is 4.98 Å². The molecule has 1 heterocycles. The zero-order valence-electron chi connectivity index (χ0n) is 9.13. The third-order valence-electron chi connectivity index (χ3n) is 2.49. The van der Waals surface area contributed by atoms with E-state index in [0.29, 0.717) is 4.57 Å². The Morgan fingerprint density at radius 3 is 2.35 bits per heavy atom. The van der Waals surface area contributed by atoms with Gasteiger partial charge in [-0.15, -0.1) is 0 Å². The molecule has 1 rings (SSSR count). The maximum atomic E-state index is 12.1. The molecular formula is C9H11F3N2O3. The minimum Gasteiger partial charge on any atom is -0.382 e. The molecule has 0 radical (unpaired) electrons. The van der Waals surface area contributed by atoms with Crippen molar-refractivity contribution in [1.82, 2.24) is 9.55 Å². The number of halogens is 3. The fourth-order valence-corrected chi connectivity index (χ4v) is 1.27. The molecule has 0 amide bonds. The molecule has 1 aromatic heterocycles. The first kappa shape index (κ1) is 13.5. The number of hydrogen-bond acceptors (Lipinski definition) is 3. The first-order chi connectivity index (χ1) is 7.64. The molecule has 96 valence electrons. The average molecular weight is 252 g/mol. The Labute approximate surface area is 93.5 Å². The van der Waals surface area contributed by atoms with Crippen molar-refractivity contribution < 1.29 is 18.3 Å². The number of hydrogen-bond donors (Lipinski definition) is 2. The number of H-pyrrole nitrogens is 1. The van der Waals surface area contributed by atoms with Crippen LogP contribution >= 0.6 is 0 Å². The predicted molar refractivity (Wildman–Crippen MR) is 52.9 cm³/mol. The number of aromatic nitrogens is 2. The number of aliphatic hydroxyl groups excluding tert-OH is 1. The van der Waals surface area contributed by atoms with Gasteiger partial charge in [-0.3, -0.25) is 14.3 Å². The zero-order valence-corrected chi connectivity index (χ0v) is 9.13. The average Bonchev–Trinajstić information content (AvgIpc) is 2.19. The van der Waals surface area contributed by atoms with Crippen LogP contribution in [0.1, 0.15) is 11.3 Å². The molecule has 1 unspecified atom stereocenters. The van der Waals surface area contributed by atoms with E-state index < -0.39 is 30.1 Å². The van der Waals surface area contributed by atoms with Gasteiger partial charge in [0.15, 0.2) is 6.10 Å². The predicted octanol–water partition coefficient (Wildman–Crippen LogP) is 0.0766. The molecule has 2 N–H and O–H groups in total. The highest BCUT2D eigenvalue weighted by Crippen LogP contribution is 2.21. The van der Waals surface area contributed by atoms with E-state index in [2.05, 4.69) is 0 Å². The van der Waals surface area contributed by atoms with Gasteiger partial charge in [-0.05, 0) is 13.8 Å². The van der Waals surface area contributed by atoms with Crippen LogP contribution in [0.2, 0.25) is 0 Å². The van der Waals surface area contributed by atoms with E-state index in [-0.39, 0.29) is 11.3 Å². The third kappa shape index (κ3) is 2.76. The summed E-state index contributed by atoms with van der Waals surface area (Å²) in [5.41, 5.74) is -1.38. The lowest BCUT2D eigenvalue weighted by atomic mass is 10.2. The number of aromatic amines is 1. The van der Waals surface area contributed by atoms with Gasteiger partial charge >= 0.3 is 11.9 Å². The monoisotopic (exact) mass is 252 g/mol. The Kier molecular flexibility index (Phi) is 3.46. The highest BCUT2D eigenvalue weighted by atomic mass is 19.4. The molecule has 0 aliphatic rings. The molecule has 0 saturated carbocycles.